The van der Waals surface area contributed by atoms with E-state index in [-0.39, 0.29) is 12.1 Å². The first-order chi connectivity index (χ1) is 15.5. The van der Waals surface area contributed by atoms with Crippen LogP contribution in [0.3, 0.4) is 0 Å². The van der Waals surface area contributed by atoms with E-state index in [2.05, 4.69) is 32.3 Å². The van der Waals surface area contributed by atoms with Crippen LogP contribution in [0.4, 0.5) is 21.0 Å². The van der Waals surface area contributed by atoms with Gasteiger partial charge < -0.3 is 10.6 Å². The second-order valence-electron chi connectivity index (χ2n) is 8.55. The van der Waals surface area contributed by atoms with E-state index in [9.17, 15) is 9.59 Å². The number of aryl methyl sites for hydroxylation is 2. The van der Waals surface area contributed by atoms with Crippen LogP contribution in [0.5, 0.6) is 0 Å². The van der Waals surface area contributed by atoms with E-state index < -0.39 is 0 Å². The summed E-state index contributed by atoms with van der Waals surface area (Å²) in [5.74, 6) is 0.823. The molecule has 1 aliphatic rings. The van der Waals surface area contributed by atoms with E-state index in [1.165, 1.54) is 11.1 Å². The summed E-state index contributed by atoms with van der Waals surface area (Å²) in [6.07, 6.45) is 4.26. The van der Waals surface area contributed by atoms with Gasteiger partial charge in [0.05, 0.1) is 11.4 Å². The molecule has 1 saturated carbocycles. The van der Waals surface area contributed by atoms with Gasteiger partial charge in [0, 0.05) is 13.1 Å². The van der Waals surface area contributed by atoms with Gasteiger partial charge in [0.1, 0.15) is 0 Å². The molecule has 8 nitrogen and oxygen atoms in total. The van der Waals surface area contributed by atoms with Crippen molar-refractivity contribution < 1.29 is 9.59 Å². The molecule has 0 heterocycles. The highest BCUT2D eigenvalue weighted by Gasteiger charge is 2.22. The van der Waals surface area contributed by atoms with E-state index >= 15 is 0 Å². The van der Waals surface area contributed by atoms with Crippen LogP contribution >= 0.6 is 0 Å². The Bertz CT molecular complexity index is 798. The van der Waals surface area contributed by atoms with Gasteiger partial charge in [0.2, 0.25) is 0 Å². The normalized spacial score (nSPS) is 17.7. The molecule has 0 aromatic heterocycles. The average Bonchev–Trinajstić information content (AvgIpc) is 2.81. The number of carbonyl (C=O) groups excluding carboxylic acids is 2. The number of urea groups is 2. The first kappa shape index (κ1) is 23.2. The number of nitrogens with one attached hydrogen (secondary N) is 6. The summed E-state index contributed by atoms with van der Waals surface area (Å²) in [4.78, 5) is 24.1. The Morgan fingerprint density at radius 3 is 1.53 bits per heavy atom. The van der Waals surface area contributed by atoms with Gasteiger partial charge in [-0.15, -0.1) is 0 Å². The Morgan fingerprint density at radius 2 is 1.12 bits per heavy atom. The minimum absolute atomic E-state index is 0.243. The molecule has 172 valence electrons. The van der Waals surface area contributed by atoms with Crippen molar-refractivity contribution >= 4 is 23.4 Å². The molecule has 0 radical (unpaired) electrons. The number of hydrogen-bond donors (Lipinski definition) is 6. The molecule has 0 unspecified atom stereocenters. The minimum Gasteiger partial charge on any atom is -0.336 e. The second kappa shape index (κ2) is 11.8. The number of carbonyl (C=O) groups is 2. The van der Waals surface area contributed by atoms with Gasteiger partial charge in [-0.2, -0.15) is 0 Å². The van der Waals surface area contributed by atoms with Crippen LogP contribution in [0, 0.1) is 25.7 Å². The monoisotopic (exact) mass is 438 g/mol. The maximum absolute atomic E-state index is 12.1. The number of hydrogen-bond acceptors (Lipinski definition) is 4. The van der Waals surface area contributed by atoms with Crippen LogP contribution < -0.4 is 32.3 Å². The van der Waals surface area contributed by atoms with Gasteiger partial charge in [0.15, 0.2) is 0 Å². The first-order valence-corrected chi connectivity index (χ1v) is 11.2. The molecule has 0 bridgehead atoms. The molecule has 0 aliphatic heterocycles. The molecule has 0 saturated heterocycles. The lowest BCUT2D eigenvalue weighted by atomic mass is 9.81. The van der Waals surface area contributed by atoms with Gasteiger partial charge in [0.25, 0.3) is 0 Å². The average molecular weight is 439 g/mol. The molecule has 8 heteroatoms. The topological polar surface area (TPSA) is 106 Å². The second-order valence-corrected chi connectivity index (χ2v) is 8.55. The Morgan fingerprint density at radius 1 is 0.719 bits per heavy atom. The zero-order valence-corrected chi connectivity index (χ0v) is 18.8. The highest BCUT2D eigenvalue weighted by atomic mass is 16.2. The highest BCUT2D eigenvalue weighted by Crippen LogP contribution is 2.28. The minimum atomic E-state index is -0.243. The summed E-state index contributed by atoms with van der Waals surface area (Å²) >= 11 is 0. The number of hydrazine groups is 2. The summed E-state index contributed by atoms with van der Waals surface area (Å²) in [5, 5.41) is 5.88. The molecule has 32 heavy (non-hydrogen) atoms. The molecule has 2 atom stereocenters. The highest BCUT2D eigenvalue weighted by molar-refractivity contribution is 5.76. The fourth-order valence-corrected chi connectivity index (χ4v) is 3.87. The van der Waals surface area contributed by atoms with E-state index in [0.717, 1.165) is 37.1 Å². The van der Waals surface area contributed by atoms with Crippen molar-refractivity contribution in [2.45, 2.75) is 39.5 Å². The third-order valence-corrected chi connectivity index (χ3v) is 5.74. The van der Waals surface area contributed by atoms with Gasteiger partial charge in [-0.05, 0) is 69.2 Å². The fraction of sp³-hybridized carbons (Fsp3) is 0.417. The lowest BCUT2D eigenvalue weighted by Crippen LogP contribution is -2.43. The SMILES string of the molecule is Cc1ccc(NNC(=O)NC[C@@H]2CCC[C@@H](CNC(=O)NNc3ccc(C)cc3)C2)cc1. The fourth-order valence-electron chi connectivity index (χ4n) is 3.87. The molecule has 6 N–H and O–H groups in total. The summed E-state index contributed by atoms with van der Waals surface area (Å²) in [5.41, 5.74) is 15.2. The Kier molecular flexibility index (Phi) is 8.60. The molecular weight excluding hydrogens is 404 g/mol. The van der Waals surface area contributed by atoms with Crippen LogP contribution in [0.15, 0.2) is 48.5 Å². The number of benzene rings is 2. The summed E-state index contributed by atoms with van der Waals surface area (Å²) in [7, 11) is 0. The van der Waals surface area contributed by atoms with Crippen molar-refractivity contribution in [2.75, 3.05) is 23.9 Å². The van der Waals surface area contributed by atoms with Crippen LogP contribution in [-0.2, 0) is 0 Å². The molecule has 3 rings (SSSR count). The predicted molar refractivity (Wildman–Crippen MR) is 128 cm³/mol. The van der Waals surface area contributed by atoms with E-state index in [0.29, 0.717) is 24.9 Å². The maximum Gasteiger partial charge on any atom is 0.333 e. The van der Waals surface area contributed by atoms with Crippen molar-refractivity contribution in [1.82, 2.24) is 21.5 Å². The quantitative estimate of drug-likeness (QED) is 0.350. The summed E-state index contributed by atoms with van der Waals surface area (Å²) < 4.78 is 0. The molecular formula is C24H34N6O2. The Balaban J connectivity index is 1.30. The van der Waals surface area contributed by atoms with E-state index in [1.54, 1.807) is 0 Å². The largest absolute Gasteiger partial charge is 0.336 e. The first-order valence-electron chi connectivity index (χ1n) is 11.2. The predicted octanol–water partition coefficient (Wildman–Crippen LogP) is 4.06. The summed E-state index contributed by atoms with van der Waals surface area (Å²) in [6, 6.07) is 15.1. The van der Waals surface area contributed by atoms with Gasteiger partial charge in [-0.3, -0.25) is 21.7 Å². The van der Waals surface area contributed by atoms with Crippen molar-refractivity contribution in [2.24, 2.45) is 11.8 Å². The van der Waals surface area contributed by atoms with Crippen molar-refractivity contribution in [3.63, 3.8) is 0 Å². The van der Waals surface area contributed by atoms with Crippen molar-refractivity contribution in [3.05, 3.63) is 59.7 Å². The van der Waals surface area contributed by atoms with Crippen LogP contribution in [0.25, 0.3) is 0 Å². The Labute approximate surface area is 189 Å². The van der Waals surface area contributed by atoms with Crippen molar-refractivity contribution in [1.29, 1.82) is 0 Å². The molecule has 0 spiro atoms. The molecule has 4 amide bonds. The van der Waals surface area contributed by atoms with Crippen LogP contribution in [-0.4, -0.2) is 25.2 Å². The molecule has 2 aromatic carbocycles. The third-order valence-electron chi connectivity index (χ3n) is 5.74. The van der Waals surface area contributed by atoms with Gasteiger partial charge in [-0.1, -0.05) is 41.8 Å². The van der Waals surface area contributed by atoms with E-state index in [1.807, 2.05) is 62.4 Å². The summed E-state index contributed by atoms with van der Waals surface area (Å²) in [6.45, 7) is 5.29. The smallest absolute Gasteiger partial charge is 0.333 e. The van der Waals surface area contributed by atoms with Crippen molar-refractivity contribution in [3.8, 4) is 0 Å². The van der Waals surface area contributed by atoms with Gasteiger partial charge in [-0.25, -0.2) is 9.59 Å². The zero-order valence-electron chi connectivity index (χ0n) is 18.8. The lowest BCUT2D eigenvalue weighted by Gasteiger charge is -2.29. The van der Waals surface area contributed by atoms with Gasteiger partial charge >= 0.3 is 12.1 Å². The standard InChI is InChI=1S/C24H34N6O2/c1-17-6-10-21(11-7-17)27-29-23(31)25-15-19-4-3-5-20(14-19)16-26-24(32)30-28-22-12-8-18(2)9-13-22/h6-13,19-20,27-28H,3-5,14-16H2,1-2H3,(H2,25,29,31)(H2,26,30,32)/t19-,20-/m1/s1. The maximum atomic E-state index is 12.1. The number of rotatable bonds is 8. The van der Waals surface area contributed by atoms with Crippen LogP contribution in [0.1, 0.15) is 36.8 Å². The molecule has 2 aromatic rings. The molecule has 1 fully saturated rings. The molecule has 1 aliphatic carbocycles. The zero-order chi connectivity index (χ0) is 22.8. The lowest BCUT2D eigenvalue weighted by molar-refractivity contribution is 0.223. The number of amides is 4. The number of anilines is 2. The van der Waals surface area contributed by atoms with E-state index in [4.69, 9.17) is 0 Å². The Hall–Kier alpha value is -3.42. The third kappa shape index (κ3) is 8.02. The van der Waals surface area contributed by atoms with Crippen LogP contribution in [0.2, 0.25) is 0 Å².